The molecule has 0 unspecified atom stereocenters. The summed E-state index contributed by atoms with van der Waals surface area (Å²) in [6, 6.07) is 12.0. The first-order valence-corrected chi connectivity index (χ1v) is 10.1. The van der Waals surface area contributed by atoms with Crippen molar-refractivity contribution in [2.45, 2.75) is 26.7 Å². The lowest BCUT2D eigenvalue weighted by molar-refractivity contribution is -0.148. The van der Waals surface area contributed by atoms with Gasteiger partial charge in [-0.1, -0.05) is 17.7 Å². The molecular formula is C23H26N2O5. The largest absolute Gasteiger partial charge is 0.478 e. The number of rotatable bonds is 6. The normalized spacial score (nSPS) is 14.3. The monoisotopic (exact) mass is 410 g/mol. The van der Waals surface area contributed by atoms with Crippen LogP contribution in [0.25, 0.3) is 0 Å². The Morgan fingerprint density at radius 2 is 1.77 bits per heavy atom. The summed E-state index contributed by atoms with van der Waals surface area (Å²) in [5, 5.41) is 12.5. The molecule has 0 spiro atoms. The molecule has 1 amide bonds. The summed E-state index contributed by atoms with van der Waals surface area (Å²) >= 11 is 0. The van der Waals surface area contributed by atoms with E-state index in [4.69, 9.17) is 4.74 Å². The molecule has 2 aromatic carbocycles. The Morgan fingerprint density at radius 1 is 1.10 bits per heavy atom. The first-order valence-electron chi connectivity index (χ1n) is 10.1. The second-order valence-corrected chi connectivity index (χ2v) is 7.37. The maximum absolute atomic E-state index is 12.4. The average Bonchev–Trinajstić information content (AvgIpc) is 2.74. The minimum atomic E-state index is -1.07. The number of carbonyl (C=O) groups excluding carboxylic acids is 2. The molecule has 1 heterocycles. The summed E-state index contributed by atoms with van der Waals surface area (Å²) in [5.74, 6) is -1.70. The number of aryl methyl sites for hydroxylation is 1. The van der Waals surface area contributed by atoms with Crippen LogP contribution >= 0.6 is 0 Å². The van der Waals surface area contributed by atoms with E-state index >= 15 is 0 Å². The van der Waals surface area contributed by atoms with Crippen LogP contribution in [0.1, 0.15) is 46.0 Å². The zero-order valence-corrected chi connectivity index (χ0v) is 17.2. The highest BCUT2D eigenvalue weighted by Gasteiger charge is 2.28. The number of anilines is 2. The third kappa shape index (κ3) is 4.97. The molecule has 0 radical (unpaired) electrons. The van der Waals surface area contributed by atoms with Crippen molar-refractivity contribution >= 4 is 29.2 Å². The third-order valence-corrected chi connectivity index (χ3v) is 5.25. The van der Waals surface area contributed by atoms with E-state index in [0.29, 0.717) is 49.5 Å². The van der Waals surface area contributed by atoms with Gasteiger partial charge in [0.25, 0.3) is 5.91 Å². The first-order chi connectivity index (χ1) is 14.4. The Morgan fingerprint density at radius 3 is 2.37 bits per heavy atom. The maximum atomic E-state index is 12.4. The van der Waals surface area contributed by atoms with Gasteiger partial charge >= 0.3 is 11.9 Å². The molecule has 0 aliphatic carbocycles. The van der Waals surface area contributed by atoms with Gasteiger partial charge in [-0.3, -0.25) is 9.59 Å². The van der Waals surface area contributed by atoms with Crippen LogP contribution in [0, 0.1) is 12.8 Å². The average molecular weight is 410 g/mol. The van der Waals surface area contributed by atoms with E-state index in [9.17, 15) is 19.5 Å². The third-order valence-electron chi connectivity index (χ3n) is 5.25. The van der Waals surface area contributed by atoms with Crippen molar-refractivity contribution in [3.05, 3.63) is 59.2 Å². The van der Waals surface area contributed by atoms with Gasteiger partial charge < -0.3 is 20.1 Å². The molecule has 1 fully saturated rings. The highest BCUT2D eigenvalue weighted by Crippen LogP contribution is 2.29. The maximum Gasteiger partial charge on any atom is 0.337 e. The number of ether oxygens (including phenoxy) is 1. The Bertz CT molecular complexity index is 931. The zero-order chi connectivity index (χ0) is 21.7. The molecular weight excluding hydrogens is 384 g/mol. The van der Waals surface area contributed by atoms with Gasteiger partial charge in [0.1, 0.15) is 0 Å². The van der Waals surface area contributed by atoms with Gasteiger partial charge in [0, 0.05) is 24.3 Å². The zero-order valence-electron chi connectivity index (χ0n) is 17.2. The van der Waals surface area contributed by atoms with Crippen molar-refractivity contribution < 1.29 is 24.2 Å². The van der Waals surface area contributed by atoms with E-state index in [-0.39, 0.29) is 23.4 Å². The predicted molar refractivity (Wildman–Crippen MR) is 114 cm³/mol. The molecule has 0 aromatic heterocycles. The van der Waals surface area contributed by atoms with Crippen molar-refractivity contribution in [3.8, 4) is 0 Å². The molecule has 2 aromatic rings. The molecule has 1 saturated heterocycles. The van der Waals surface area contributed by atoms with Crippen molar-refractivity contribution in [3.63, 3.8) is 0 Å². The molecule has 0 bridgehead atoms. The molecule has 30 heavy (non-hydrogen) atoms. The van der Waals surface area contributed by atoms with Crippen LogP contribution in [0.4, 0.5) is 11.4 Å². The number of nitrogens with zero attached hydrogens (tertiary/aromatic N) is 1. The molecule has 0 atom stereocenters. The Labute approximate surface area is 175 Å². The molecule has 1 aliphatic heterocycles. The number of aromatic carboxylic acids is 1. The van der Waals surface area contributed by atoms with E-state index in [1.807, 2.05) is 24.0 Å². The highest BCUT2D eigenvalue weighted by molar-refractivity contribution is 6.05. The predicted octanol–water partition coefficient (Wildman–Crippen LogP) is 3.73. The lowest BCUT2D eigenvalue weighted by Crippen LogP contribution is -2.37. The topological polar surface area (TPSA) is 95.9 Å². The number of esters is 1. The number of carboxylic acid groups (broad SMARTS) is 1. The van der Waals surface area contributed by atoms with E-state index < -0.39 is 5.97 Å². The molecule has 2 N–H and O–H groups in total. The minimum Gasteiger partial charge on any atom is -0.478 e. The summed E-state index contributed by atoms with van der Waals surface area (Å²) in [6.07, 6.45) is 1.23. The number of benzene rings is 2. The highest BCUT2D eigenvalue weighted by atomic mass is 16.5. The van der Waals surface area contributed by atoms with Crippen molar-refractivity contribution in [2.24, 2.45) is 5.92 Å². The second kappa shape index (κ2) is 9.43. The standard InChI is InChI=1S/C23H26N2O5/c1-3-30-23(29)17-10-12-25(13-11-17)20-9-8-18(14-19(20)22(27)28)24-21(26)16-6-4-15(2)5-7-16/h4-9,14,17H,3,10-13H2,1-2H3,(H,24,26)(H,27,28). The van der Waals surface area contributed by atoms with Gasteiger partial charge in [-0.05, 0) is 57.0 Å². The minimum absolute atomic E-state index is 0.117. The van der Waals surface area contributed by atoms with Gasteiger partial charge in [-0.2, -0.15) is 0 Å². The van der Waals surface area contributed by atoms with Crippen LogP contribution in [0.5, 0.6) is 0 Å². The van der Waals surface area contributed by atoms with Crippen LogP contribution in [0.15, 0.2) is 42.5 Å². The van der Waals surface area contributed by atoms with Crippen molar-refractivity contribution in [1.82, 2.24) is 0 Å². The molecule has 7 nitrogen and oxygen atoms in total. The summed E-state index contributed by atoms with van der Waals surface area (Å²) in [7, 11) is 0. The Kier molecular flexibility index (Phi) is 6.72. The fourth-order valence-electron chi connectivity index (χ4n) is 3.59. The van der Waals surface area contributed by atoms with Gasteiger partial charge in [-0.15, -0.1) is 0 Å². The quantitative estimate of drug-likeness (QED) is 0.705. The van der Waals surface area contributed by atoms with Crippen LogP contribution < -0.4 is 10.2 Å². The van der Waals surface area contributed by atoms with Crippen molar-refractivity contribution in [1.29, 1.82) is 0 Å². The van der Waals surface area contributed by atoms with E-state index in [2.05, 4.69) is 5.32 Å². The first kappa shape index (κ1) is 21.4. The van der Waals surface area contributed by atoms with E-state index in [0.717, 1.165) is 5.56 Å². The Hall–Kier alpha value is -3.35. The lowest BCUT2D eigenvalue weighted by Gasteiger charge is -2.33. The van der Waals surface area contributed by atoms with Gasteiger partial charge in [0.15, 0.2) is 0 Å². The summed E-state index contributed by atoms with van der Waals surface area (Å²) in [4.78, 5) is 38.2. The number of carboxylic acids is 1. The van der Waals surface area contributed by atoms with E-state index in [1.165, 1.54) is 6.07 Å². The summed E-state index contributed by atoms with van der Waals surface area (Å²) in [6.45, 7) is 5.22. The van der Waals surface area contributed by atoms with Crippen LogP contribution in [-0.4, -0.2) is 42.6 Å². The molecule has 158 valence electrons. The Balaban J connectivity index is 1.73. The molecule has 7 heteroatoms. The number of hydrogen-bond donors (Lipinski definition) is 2. The number of piperidine rings is 1. The number of nitrogens with one attached hydrogen (secondary N) is 1. The summed E-state index contributed by atoms with van der Waals surface area (Å²) < 4.78 is 5.09. The van der Waals surface area contributed by atoms with Crippen LogP contribution in [0.3, 0.4) is 0 Å². The molecule has 1 aliphatic rings. The van der Waals surface area contributed by atoms with Gasteiger partial charge in [-0.25, -0.2) is 4.79 Å². The van der Waals surface area contributed by atoms with Gasteiger partial charge in [0.2, 0.25) is 0 Å². The van der Waals surface area contributed by atoms with Gasteiger partial charge in [0.05, 0.1) is 23.8 Å². The summed E-state index contributed by atoms with van der Waals surface area (Å²) in [5.41, 5.74) is 2.67. The molecule has 0 saturated carbocycles. The second-order valence-electron chi connectivity index (χ2n) is 7.37. The van der Waals surface area contributed by atoms with Crippen LogP contribution in [0.2, 0.25) is 0 Å². The van der Waals surface area contributed by atoms with Crippen LogP contribution in [-0.2, 0) is 9.53 Å². The number of hydrogen-bond acceptors (Lipinski definition) is 5. The van der Waals surface area contributed by atoms with Crippen molar-refractivity contribution in [2.75, 3.05) is 29.9 Å². The SMILES string of the molecule is CCOC(=O)C1CCN(c2ccc(NC(=O)c3ccc(C)cc3)cc2C(=O)O)CC1. The fourth-order valence-corrected chi connectivity index (χ4v) is 3.59. The smallest absolute Gasteiger partial charge is 0.337 e. The number of carbonyl (C=O) groups is 3. The molecule has 3 rings (SSSR count). The number of amides is 1. The van der Waals surface area contributed by atoms with E-state index in [1.54, 1.807) is 31.2 Å². The lowest BCUT2D eigenvalue weighted by atomic mass is 9.96. The fraction of sp³-hybridized carbons (Fsp3) is 0.348.